The SMILES string of the molecule is O=S(=O)(Cl)c1ccnn1CC1CCC1. The lowest BCUT2D eigenvalue weighted by Crippen LogP contribution is -2.20. The zero-order valence-electron chi connectivity index (χ0n) is 7.56. The van der Waals surface area contributed by atoms with Gasteiger partial charge in [0.25, 0.3) is 9.05 Å². The average Bonchev–Trinajstić information content (AvgIpc) is 2.42. The highest BCUT2D eigenvalue weighted by atomic mass is 35.7. The van der Waals surface area contributed by atoms with Crippen LogP contribution in [0.25, 0.3) is 0 Å². The normalized spacial score (nSPS) is 18.1. The van der Waals surface area contributed by atoms with Gasteiger partial charge in [0.05, 0.1) is 6.20 Å². The van der Waals surface area contributed by atoms with E-state index in [-0.39, 0.29) is 5.03 Å². The molecular formula is C8H11ClN2O2S. The third kappa shape index (κ3) is 1.93. The first-order chi connectivity index (χ1) is 6.57. The number of halogens is 1. The van der Waals surface area contributed by atoms with Gasteiger partial charge in [0.2, 0.25) is 0 Å². The molecule has 4 nitrogen and oxygen atoms in total. The van der Waals surface area contributed by atoms with E-state index in [0.717, 1.165) is 12.8 Å². The Bertz CT molecular complexity index is 422. The van der Waals surface area contributed by atoms with Crippen molar-refractivity contribution in [1.29, 1.82) is 0 Å². The van der Waals surface area contributed by atoms with Crippen molar-refractivity contribution >= 4 is 19.7 Å². The molecule has 0 N–H and O–H groups in total. The van der Waals surface area contributed by atoms with Gasteiger partial charge >= 0.3 is 0 Å². The van der Waals surface area contributed by atoms with Gasteiger partial charge in [0.15, 0.2) is 5.03 Å². The average molecular weight is 235 g/mol. The van der Waals surface area contributed by atoms with Crippen LogP contribution in [0.1, 0.15) is 19.3 Å². The summed E-state index contributed by atoms with van der Waals surface area (Å²) in [4.78, 5) is 0. The Morgan fingerprint density at radius 2 is 2.29 bits per heavy atom. The van der Waals surface area contributed by atoms with Crippen molar-refractivity contribution in [3.8, 4) is 0 Å². The van der Waals surface area contributed by atoms with Gasteiger partial charge in [-0.1, -0.05) is 6.42 Å². The minimum Gasteiger partial charge on any atom is -0.253 e. The lowest BCUT2D eigenvalue weighted by Gasteiger charge is -2.25. The molecule has 0 unspecified atom stereocenters. The van der Waals surface area contributed by atoms with Gasteiger partial charge in [-0.3, -0.25) is 4.68 Å². The molecule has 1 fully saturated rings. The van der Waals surface area contributed by atoms with Gasteiger partial charge in [-0.25, -0.2) is 8.42 Å². The van der Waals surface area contributed by atoms with Crippen LogP contribution in [-0.2, 0) is 15.6 Å². The standard InChI is InChI=1S/C8H11ClN2O2S/c9-14(12,13)8-4-5-10-11(8)6-7-2-1-3-7/h4-5,7H,1-3,6H2. The van der Waals surface area contributed by atoms with Crippen LogP contribution in [0.3, 0.4) is 0 Å². The largest absolute Gasteiger partial charge is 0.278 e. The maximum absolute atomic E-state index is 11.1. The minimum absolute atomic E-state index is 0.103. The van der Waals surface area contributed by atoms with Crippen LogP contribution in [0, 0.1) is 5.92 Å². The van der Waals surface area contributed by atoms with E-state index in [2.05, 4.69) is 5.10 Å². The van der Waals surface area contributed by atoms with Crippen molar-refractivity contribution in [3.05, 3.63) is 12.3 Å². The molecule has 0 amide bonds. The lowest BCUT2D eigenvalue weighted by molar-refractivity contribution is 0.258. The van der Waals surface area contributed by atoms with E-state index in [1.807, 2.05) is 0 Å². The van der Waals surface area contributed by atoms with Gasteiger partial charge in [-0.15, -0.1) is 0 Å². The molecule has 0 bridgehead atoms. The summed E-state index contributed by atoms with van der Waals surface area (Å²) in [7, 11) is 1.61. The van der Waals surface area contributed by atoms with Gasteiger partial charge < -0.3 is 0 Å². The summed E-state index contributed by atoms with van der Waals surface area (Å²) in [6.45, 7) is 0.661. The Morgan fingerprint density at radius 1 is 1.57 bits per heavy atom. The van der Waals surface area contributed by atoms with Crippen molar-refractivity contribution in [1.82, 2.24) is 9.78 Å². The Hall–Kier alpha value is -0.550. The maximum atomic E-state index is 11.1. The predicted molar refractivity (Wildman–Crippen MR) is 52.6 cm³/mol. The Balaban J connectivity index is 2.21. The van der Waals surface area contributed by atoms with Gasteiger partial charge in [0, 0.05) is 17.2 Å². The molecule has 0 radical (unpaired) electrons. The molecule has 1 aromatic rings. The Morgan fingerprint density at radius 3 is 2.79 bits per heavy atom. The van der Waals surface area contributed by atoms with Crippen LogP contribution in [0.5, 0.6) is 0 Å². The molecule has 1 aromatic heterocycles. The third-order valence-electron chi connectivity index (χ3n) is 2.58. The number of hydrogen-bond acceptors (Lipinski definition) is 3. The van der Waals surface area contributed by atoms with E-state index in [9.17, 15) is 8.42 Å². The second kappa shape index (κ2) is 3.55. The van der Waals surface area contributed by atoms with Gasteiger partial charge in [-0.2, -0.15) is 5.10 Å². The fourth-order valence-corrected chi connectivity index (χ4v) is 2.57. The van der Waals surface area contributed by atoms with Crippen LogP contribution >= 0.6 is 10.7 Å². The van der Waals surface area contributed by atoms with Gasteiger partial charge in [0.1, 0.15) is 0 Å². The molecular weight excluding hydrogens is 224 g/mol. The minimum atomic E-state index is -3.65. The van der Waals surface area contributed by atoms with Crippen LogP contribution in [0.4, 0.5) is 0 Å². The number of aromatic nitrogens is 2. The third-order valence-corrected chi connectivity index (χ3v) is 3.90. The van der Waals surface area contributed by atoms with Crippen molar-refractivity contribution in [2.45, 2.75) is 30.8 Å². The number of nitrogens with zero attached hydrogens (tertiary/aromatic N) is 2. The van der Waals surface area contributed by atoms with E-state index >= 15 is 0 Å². The van der Waals surface area contributed by atoms with Crippen LogP contribution in [0.2, 0.25) is 0 Å². The smallest absolute Gasteiger partial charge is 0.253 e. The van der Waals surface area contributed by atoms with Gasteiger partial charge in [-0.05, 0) is 24.8 Å². The second-order valence-corrected chi connectivity index (χ2v) is 6.10. The van der Waals surface area contributed by atoms with E-state index in [0.29, 0.717) is 12.5 Å². The molecule has 78 valence electrons. The number of rotatable bonds is 3. The summed E-state index contributed by atoms with van der Waals surface area (Å²) in [5.41, 5.74) is 0. The second-order valence-electron chi connectivity index (χ2n) is 3.59. The fraction of sp³-hybridized carbons (Fsp3) is 0.625. The quantitative estimate of drug-likeness (QED) is 0.747. The summed E-state index contributed by atoms with van der Waals surface area (Å²) in [6.07, 6.45) is 5.01. The highest BCUT2D eigenvalue weighted by Crippen LogP contribution is 2.28. The molecule has 6 heteroatoms. The first-order valence-corrected chi connectivity index (χ1v) is 6.85. The van der Waals surface area contributed by atoms with Crippen molar-refractivity contribution < 1.29 is 8.42 Å². The molecule has 0 spiro atoms. The summed E-state index contributed by atoms with van der Waals surface area (Å²) >= 11 is 0. The van der Waals surface area contributed by atoms with E-state index in [4.69, 9.17) is 10.7 Å². The van der Waals surface area contributed by atoms with E-state index in [1.165, 1.54) is 23.4 Å². The Kier molecular flexibility index (Phi) is 2.53. The molecule has 0 aliphatic heterocycles. The molecule has 1 saturated carbocycles. The maximum Gasteiger partial charge on any atom is 0.278 e. The first kappa shape index (κ1) is 9.98. The molecule has 0 atom stereocenters. The highest BCUT2D eigenvalue weighted by molar-refractivity contribution is 8.13. The predicted octanol–water partition coefficient (Wildman–Crippen LogP) is 1.61. The summed E-state index contributed by atoms with van der Waals surface area (Å²) < 4.78 is 23.7. The molecule has 0 saturated heterocycles. The van der Waals surface area contributed by atoms with Crippen LogP contribution in [0.15, 0.2) is 17.3 Å². The van der Waals surface area contributed by atoms with E-state index in [1.54, 1.807) is 0 Å². The molecule has 1 aliphatic rings. The monoisotopic (exact) mass is 234 g/mol. The number of hydrogen-bond donors (Lipinski definition) is 0. The summed E-state index contributed by atoms with van der Waals surface area (Å²) in [5, 5.41) is 4.06. The summed E-state index contributed by atoms with van der Waals surface area (Å²) in [6, 6.07) is 1.43. The molecule has 1 aliphatic carbocycles. The zero-order valence-corrected chi connectivity index (χ0v) is 9.13. The topological polar surface area (TPSA) is 52.0 Å². The fourth-order valence-electron chi connectivity index (χ4n) is 1.58. The lowest BCUT2D eigenvalue weighted by atomic mass is 9.85. The molecule has 1 heterocycles. The van der Waals surface area contributed by atoms with Crippen LogP contribution < -0.4 is 0 Å². The Labute approximate surface area is 87.3 Å². The summed E-state index contributed by atoms with van der Waals surface area (Å²) in [5.74, 6) is 0.562. The van der Waals surface area contributed by atoms with Crippen molar-refractivity contribution in [3.63, 3.8) is 0 Å². The first-order valence-electron chi connectivity index (χ1n) is 4.54. The zero-order chi connectivity index (χ0) is 10.2. The van der Waals surface area contributed by atoms with Crippen molar-refractivity contribution in [2.75, 3.05) is 0 Å². The van der Waals surface area contributed by atoms with Crippen molar-refractivity contribution in [2.24, 2.45) is 5.92 Å². The molecule has 2 rings (SSSR count). The highest BCUT2D eigenvalue weighted by Gasteiger charge is 2.22. The van der Waals surface area contributed by atoms with Crippen LogP contribution in [-0.4, -0.2) is 18.2 Å². The molecule has 14 heavy (non-hydrogen) atoms. The molecule has 0 aromatic carbocycles. The van der Waals surface area contributed by atoms with E-state index < -0.39 is 9.05 Å².